The molecule has 0 amide bonds. The fraction of sp³-hybridized carbons (Fsp3) is 0.250. The Labute approximate surface area is 87.4 Å². The van der Waals surface area contributed by atoms with Gasteiger partial charge in [0.15, 0.2) is 0 Å². The van der Waals surface area contributed by atoms with E-state index in [2.05, 4.69) is 0 Å². The second-order valence-electron chi connectivity index (χ2n) is 2.56. The summed E-state index contributed by atoms with van der Waals surface area (Å²) in [5.74, 6) is -1.72. The molecule has 6 heteroatoms. The zero-order valence-corrected chi connectivity index (χ0v) is 8.14. The molecule has 78 valence electrons. The molecule has 0 nitrogen and oxygen atoms in total. The molecular weight excluding hydrogens is 243 g/mol. The quantitative estimate of drug-likeness (QED) is 0.514. The minimum absolute atomic E-state index is 0.186. The molecule has 0 aliphatic heterocycles. The Bertz CT molecular complexity index is 346. The fourth-order valence-corrected chi connectivity index (χ4v) is 1.38. The molecule has 0 N–H and O–H groups in total. The van der Waals surface area contributed by atoms with E-state index in [0.717, 1.165) is 6.07 Å². The van der Waals surface area contributed by atoms with Crippen molar-refractivity contribution in [1.82, 2.24) is 0 Å². The lowest BCUT2D eigenvalue weighted by Crippen LogP contribution is -2.09. The summed E-state index contributed by atoms with van der Waals surface area (Å²) in [6, 6.07) is 1.60. The van der Waals surface area contributed by atoms with E-state index in [4.69, 9.17) is 23.2 Å². The molecule has 1 rings (SSSR count). The van der Waals surface area contributed by atoms with Crippen molar-refractivity contribution in [1.29, 1.82) is 0 Å². The summed E-state index contributed by atoms with van der Waals surface area (Å²) in [5.41, 5.74) is -1.65. The van der Waals surface area contributed by atoms with E-state index in [-0.39, 0.29) is 16.5 Å². The molecule has 0 spiro atoms. The second-order valence-corrected chi connectivity index (χ2v) is 3.26. The average molecular weight is 247 g/mol. The van der Waals surface area contributed by atoms with Gasteiger partial charge in [-0.2, -0.15) is 13.2 Å². The Morgan fingerprint density at radius 3 is 2.21 bits per heavy atom. The van der Waals surface area contributed by atoms with E-state index in [0.29, 0.717) is 6.07 Å². The molecule has 0 saturated carbocycles. The minimum atomic E-state index is -4.75. The van der Waals surface area contributed by atoms with E-state index >= 15 is 0 Å². The van der Waals surface area contributed by atoms with Crippen LogP contribution in [0.25, 0.3) is 0 Å². The highest BCUT2D eigenvalue weighted by atomic mass is 35.5. The van der Waals surface area contributed by atoms with Crippen LogP contribution in [-0.4, -0.2) is 0 Å². The smallest absolute Gasteiger partial charge is 0.206 e. The topological polar surface area (TPSA) is 0 Å². The van der Waals surface area contributed by atoms with E-state index in [1.165, 1.54) is 0 Å². The van der Waals surface area contributed by atoms with E-state index < -0.39 is 17.6 Å². The van der Waals surface area contributed by atoms with Gasteiger partial charge in [0.2, 0.25) is 0 Å². The second kappa shape index (κ2) is 3.95. The molecule has 0 aliphatic carbocycles. The van der Waals surface area contributed by atoms with Gasteiger partial charge in [-0.1, -0.05) is 11.6 Å². The molecule has 0 aromatic heterocycles. The third kappa shape index (κ3) is 2.30. The van der Waals surface area contributed by atoms with Crippen molar-refractivity contribution in [2.45, 2.75) is 12.1 Å². The molecule has 0 atom stereocenters. The van der Waals surface area contributed by atoms with Crippen molar-refractivity contribution in [2.75, 3.05) is 0 Å². The van der Waals surface area contributed by atoms with E-state index in [9.17, 15) is 17.6 Å². The van der Waals surface area contributed by atoms with Crippen LogP contribution in [0.2, 0.25) is 5.02 Å². The third-order valence-corrected chi connectivity index (χ3v) is 2.07. The summed E-state index contributed by atoms with van der Waals surface area (Å²) in [7, 11) is 0. The SMILES string of the molecule is Fc1c(CCl)cc(Cl)cc1C(F)(F)F. The summed E-state index contributed by atoms with van der Waals surface area (Å²) in [6.07, 6.45) is -4.75. The van der Waals surface area contributed by atoms with Crippen molar-refractivity contribution in [3.8, 4) is 0 Å². The summed E-state index contributed by atoms with van der Waals surface area (Å²) < 4.78 is 49.7. The molecule has 0 heterocycles. The van der Waals surface area contributed by atoms with Gasteiger partial charge in [-0.15, -0.1) is 11.6 Å². The van der Waals surface area contributed by atoms with Gasteiger partial charge in [0.25, 0.3) is 0 Å². The molecule has 0 radical (unpaired) electrons. The van der Waals surface area contributed by atoms with Crippen LogP contribution in [-0.2, 0) is 12.1 Å². The lowest BCUT2D eigenvalue weighted by atomic mass is 10.1. The predicted octanol–water partition coefficient (Wildman–Crippen LogP) is 4.24. The maximum atomic E-state index is 13.1. The molecule has 0 bridgehead atoms. The highest BCUT2D eigenvalue weighted by Crippen LogP contribution is 2.34. The Morgan fingerprint density at radius 1 is 1.21 bits per heavy atom. The number of rotatable bonds is 1. The maximum absolute atomic E-state index is 13.1. The monoisotopic (exact) mass is 246 g/mol. The zero-order chi connectivity index (χ0) is 10.9. The predicted molar refractivity (Wildman–Crippen MR) is 46.0 cm³/mol. The van der Waals surface area contributed by atoms with Crippen LogP contribution >= 0.6 is 23.2 Å². The van der Waals surface area contributed by atoms with Crippen LogP contribution in [0, 0.1) is 5.82 Å². The molecule has 0 unspecified atom stereocenters. The van der Waals surface area contributed by atoms with Crippen molar-refractivity contribution in [2.24, 2.45) is 0 Å². The Hall–Kier alpha value is -0.480. The largest absolute Gasteiger partial charge is 0.419 e. The lowest BCUT2D eigenvalue weighted by Gasteiger charge is -2.10. The normalized spacial score (nSPS) is 11.9. The summed E-state index contributed by atoms with van der Waals surface area (Å²) in [6.45, 7) is 0. The first-order valence-electron chi connectivity index (χ1n) is 3.47. The summed E-state index contributed by atoms with van der Waals surface area (Å²) >= 11 is 10.6. The third-order valence-electron chi connectivity index (χ3n) is 1.56. The number of hydrogen-bond donors (Lipinski definition) is 0. The number of alkyl halides is 4. The first-order chi connectivity index (χ1) is 6.36. The van der Waals surface area contributed by atoms with Gasteiger partial charge in [-0.25, -0.2) is 4.39 Å². The van der Waals surface area contributed by atoms with Crippen LogP contribution in [0.4, 0.5) is 17.6 Å². The lowest BCUT2D eigenvalue weighted by molar-refractivity contribution is -0.140. The van der Waals surface area contributed by atoms with Crippen molar-refractivity contribution >= 4 is 23.2 Å². The molecule has 1 aromatic rings. The van der Waals surface area contributed by atoms with Crippen LogP contribution in [0.1, 0.15) is 11.1 Å². The number of hydrogen-bond acceptors (Lipinski definition) is 0. The maximum Gasteiger partial charge on any atom is 0.419 e. The van der Waals surface area contributed by atoms with Crippen molar-refractivity contribution < 1.29 is 17.6 Å². The Kier molecular flexibility index (Phi) is 3.27. The van der Waals surface area contributed by atoms with Crippen molar-refractivity contribution in [3.05, 3.63) is 34.1 Å². The van der Waals surface area contributed by atoms with Gasteiger partial charge in [-0.05, 0) is 12.1 Å². The highest BCUT2D eigenvalue weighted by Gasteiger charge is 2.35. The molecule has 0 fully saturated rings. The molecule has 14 heavy (non-hydrogen) atoms. The Balaban J connectivity index is 3.37. The molecular formula is C8H4Cl2F4. The fourth-order valence-electron chi connectivity index (χ4n) is 0.949. The van der Waals surface area contributed by atoms with Crippen LogP contribution in [0.3, 0.4) is 0 Å². The minimum Gasteiger partial charge on any atom is -0.206 e. The highest BCUT2D eigenvalue weighted by molar-refractivity contribution is 6.30. The summed E-state index contributed by atoms with van der Waals surface area (Å²) in [4.78, 5) is 0. The summed E-state index contributed by atoms with van der Waals surface area (Å²) in [5, 5.41) is -0.186. The van der Waals surface area contributed by atoms with Gasteiger partial charge in [0, 0.05) is 10.6 Å². The van der Waals surface area contributed by atoms with Gasteiger partial charge in [0.05, 0.1) is 11.4 Å². The van der Waals surface area contributed by atoms with E-state index in [1.807, 2.05) is 0 Å². The first-order valence-corrected chi connectivity index (χ1v) is 4.38. The van der Waals surface area contributed by atoms with Crippen LogP contribution in [0.5, 0.6) is 0 Å². The van der Waals surface area contributed by atoms with E-state index in [1.54, 1.807) is 0 Å². The van der Waals surface area contributed by atoms with Gasteiger partial charge in [-0.3, -0.25) is 0 Å². The number of halogens is 6. The van der Waals surface area contributed by atoms with Crippen LogP contribution in [0.15, 0.2) is 12.1 Å². The molecule has 1 aromatic carbocycles. The van der Waals surface area contributed by atoms with Crippen molar-refractivity contribution in [3.63, 3.8) is 0 Å². The molecule has 0 aliphatic rings. The van der Waals surface area contributed by atoms with Gasteiger partial charge >= 0.3 is 6.18 Å². The number of benzene rings is 1. The van der Waals surface area contributed by atoms with Crippen LogP contribution < -0.4 is 0 Å². The Morgan fingerprint density at radius 2 is 1.79 bits per heavy atom. The zero-order valence-electron chi connectivity index (χ0n) is 6.63. The molecule has 0 saturated heterocycles. The first kappa shape index (κ1) is 11.6. The van der Waals surface area contributed by atoms with Gasteiger partial charge < -0.3 is 0 Å². The van der Waals surface area contributed by atoms with Gasteiger partial charge in [0.1, 0.15) is 5.82 Å². The standard InChI is InChI=1S/C8H4Cl2F4/c9-3-4-1-5(10)2-6(7(4)11)8(12,13)14/h1-2H,3H2. The average Bonchev–Trinajstić information content (AvgIpc) is 2.06.